The molecule has 0 fully saturated rings. The van der Waals surface area contributed by atoms with Gasteiger partial charge >= 0.3 is 0 Å². The fraction of sp³-hybridized carbons (Fsp3) is 0.588. The van der Waals surface area contributed by atoms with Crippen LogP contribution in [-0.4, -0.2) is 23.2 Å². The summed E-state index contributed by atoms with van der Waals surface area (Å²) in [5.41, 5.74) is 0.597. The number of aliphatic hydroxyl groups is 1. The molecule has 0 bridgehead atoms. The van der Waals surface area contributed by atoms with Crippen LogP contribution in [0.3, 0.4) is 0 Å². The van der Waals surface area contributed by atoms with Gasteiger partial charge < -0.3 is 10.4 Å². The van der Waals surface area contributed by atoms with Crippen molar-refractivity contribution in [1.82, 2.24) is 5.32 Å². The van der Waals surface area contributed by atoms with Crippen LogP contribution in [0.5, 0.6) is 0 Å². The molecule has 0 saturated heterocycles. The minimum absolute atomic E-state index is 0.00474. The summed E-state index contributed by atoms with van der Waals surface area (Å²) in [6.45, 7) is 8.13. The van der Waals surface area contributed by atoms with Gasteiger partial charge in [-0.3, -0.25) is 4.79 Å². The zero-order chi connectivity index (χ0) is 16.0. The Morgan fingerprint density at radius 3 is 2.33 bits per heavy atom. The van der Waals surface area contributed by atoms with Crippen molar-refractivity contribution < 1.29 is 9.90 Å². The van der Waals surface area contributed by atoms with Crippen molar-refractivity contribution in [2.75, 3.05) is 6.61 Å². The summed E-state index contributed by atoms with van der Waals surface area (Å²) in [4.78, 5) is 12.7. The number of benzene rings is 1. The van der Waals surface area contributed by atoms with Crippen LogP contribution < -0.4 is 5.32 Å². The van der Waals surface area contributed by atoms with Gasteiger partial charge in [-0.25, -0.2) is 0 Å². The van der Waals surface area contributed by atoms with Crippen LogP contribution in [0.2, 0.25) is 5.02 Å². The lowest BCUT2D eigenvalue weighted by Gasteiger charge is -2.32. The molecule has 0 radical (unpaired) electrons. The van der Waals surface area contributed by atoms with Crippen molar-refractivity contribution in [2.24, 2.45) is 5.92 Å². The van der Waals surface area contributed by atoms with Crippen molar-refractivity contribution >= 4 is 17.5 Å². The van der Waals surface area contributed by atoms with Crippen LogP contribution in [0.15, 0.2) is 24.3 Å². The number of hydrogen-bond donors (Lipinski definition) is 2. The van der Waals surface area contributed by atoms with Gasteiger partial charge in [-0.05, 0) is 43.4 Å². The number of aliphatic hydroxyl groups excluding tert-OH is 1. The summed E-state index contributed by atoms with van der Waals surface area (Å²) in [5, 5.41) is 12.9. The Morgan fingerprint density at radius 1 is 1.33 bits per heavy atom. The number of carbonyl (C=O) groups excluding carboxylic acids is 1. The van der Waals surface area contributed by atoms with Crippen molar-refractivity contribution in [3.8, 4) is 0 Å². The molecule has 4 heteroatoms. The van der Waals surface area contributed by atoms with Crippen molar-refractivity contribution in [3.05, 3.63) is 34.9 Å². The number of hydrogen-bond acceptors (Lipinski definition) is 2. The quantitative estimate of drug-likeness (QED) is 0.805. The molecule has 0 spiro atoms. The Kier molecular flexibility index (Phi) is 6.69. The van der Waals surface area contributed by atoms with Crippen molar-refractivity contribution in [1.29, 1.82) is 0 Å². The van der Waals surface area contributed by atoms with E-state index in [9.17, 15) is 9.90 Å². The first kappa shape index (κ1) is 18.0. The molecule has 0 aromatic heterocycles. The third-order valence-corrected chi connectivity index (χ3v) is 4.30. The average Bonchev–Trinajstić information content (AvgIpc) is 2.41. The van der Waals surface area contributed by atoms with Crippen molar-refractivity contribution in [3.63, 3.8) is 0 Å². The highest BCUT2D eigenvalue weighted by Crippen LogP contribution is 2.27. The minimum atomic E-state index is -0.370. The summed E-state index contributed by atoms with van der Waals surface area (Å²) >= 11 is 5.92. The first-order chi connectivity index (χ1) is 9.83. The zero-order valence-corrected chi connectivity index (χ0v) is 14.1. The van der Waals surface area contributed by atoms with Gasteiger partial charge in [0.05, 0.1) is 5.92 Å². The van der Waals surface area contributed by atoms with Gasteiger partial charge in [-0.2, -0.15) is 0 Å². The molecule has 1 aromatic rings. The fourth-order valence-corrected chi connectivity index (χ4v) is 2.58. The Morgan fingerprint density at radius 2 is 1.90 bits per heavy atom. The van der Waals surface area contributed by atoms with E-state index in [2.05, 4.69) is 5.32 Å². The van der Waals surface area contributed by atoms with E-state index in [0.717, 1.165) is 12.0 Å². The van der Waals surface area contributed by atoms with Crippen LogP contribution in [0.1, 0.15) is 52.0 Å². The Bertz CT molecular complexity index is 458. The monoisotopic (exact) mass is 311 g/mol. The molecule has 0 aliphatic heterocycles. The topological polar surface area (TPSA) is 49.3 Å². The van der Waals surface area contributed by atoms with Crippen molar-refractivity contribution in [2.45, 2.75) is 52.0 Å². The maximum Gasteiger partial charge on any atom is 0.228 e. The van der Waals surface area contributed by atoms with Gasteiger partial charge in [-0.1, -0.05) is 44.5 Å². The molecule has 118 valence electrons. The van der Waals surface area contributed by atoms with E-state index < -0.39 is 0 Å². The maximum absolute atomic E-state index is 12.7. The number of rotatable bonds is 7. The van der Waals surface area contributed by atoms with Gasteiger partial charge in [0, 0.05) is 17.2 Å². The second kappa shape index (κ2) is 7.81. The molecule has 2 unspecified atom stereocenters. The van der Waals surface area contributed by atoms with Gasteiger partial charge in [0.2, 0.25) is 5.91 Å². The van der Waals surface area contributed by atoms with E-state index >= 15 is 0 Å². The number of halogens is 1. The zero-order valence-electron chi connectivity index (χ0n) is 13.3. The lowest BCUT2D eigenvalue weighted by atomic mass is 9.86. The molecule has 0 saturated carbocycles. The van der Waals surface area contributed by atoms with Crippen LogP contribution in [0.25, 0.3) is 0 Å². The number of carbonyl (C=O) groups is 1. The SMILES string of the molecule is CCC(C)(CCO)NC(=O)C(c1ccc(Cl)cc1)C(C)C. The highest BCUT2D eigenvalue weighted by molar-refractivity contribution is 6.30. The molecule has 0 aliphatic carbocycles. The predicted molar refractivity (Wildman–Crippen MR) is 87.6 cm³/mol. The first-order valence-electron chi connectivity index (χ1n) is 7.51. The van der Waals surface area contributed by atoms with E-state index in [4.69, 9.17) is 11.6 Å². The molecule has 1 aromatic carbocycles. The molecule has 3 nitrogen and oxygen atoms in total. The molecule has 21 heavy (non-hydrogen) atoms. The molecule has 0 aliphatic rings. The molecular formula is C17H26ClNO2. The Hall–Kier alpha value is -1.06. The minimum Gasteiger partial charge on any atom is -0.396 e. The standard InChI is InChI=1S/C17H26ClNO2/c1-5-17(4,10-11-20)19-16(21)15(12(2)3)13-6-8-14(18)9-7-13/h6-9,12,15,20H,5,10-11H2,1-4H3,(H,19,21). The summed E-state index contributed by atoms with van der Waals surface area (Å²) in [6, 6.07) is 7.43. The summed E-state index contributed by atoms with van der Waals surface area (Å²) in [5.74, 6) is -0.0293. The number of nitrogens with one attached hydrogen (secondary N) is 1. The highest BCUT2D eigenvalue weighted by Gasteiger charge is 2.30. The van der Waals surface area contributed by atoms with E-state index in [1.165, 1.54) is 0 Å². The Balaban J connectivity index is 2.95. The first-order valence-corrected chi connectivity index (χ1v) is 7.89. The predicted octanol–water partition coefficient (Wildman–Crippen LogP) is 3.75. The van der Waals surface area contributed by atoms with Crippen LogP contribution >= 0.6 is 11.6 Å². The van der Waals surface area contributed by atoms with E-state index in [1.54, 1.807) is 0 Å². The molecule has 1 amide bonds. The number of amides is 1. The third kappa shape index (κ3) is 5.01. The Labute approximate surface area is 132 Å². The van der Waals surface area contributed by atoms with E-state index in [-0.39, 0.29) is 29.9 Å². The summed E-state index contributed by atoms with van der Waals surface area (Å²) < 4.78 is 0. The molecule has 1 rings (SSSR count). The lowest BCUT2D eigenvalue weighted by molar-refractivity contribution is -0.125. The van der Waals surface area contributed by atoms with E-state index in [1.807, 2.05) is 52.0 Å². The normalized spacial score (nSPS) is 15.6. The highest BCUT2D eigenvalue weighted by atomic mass is 35.5. The third-order valence-electron chi connectivity index (χ3n) is 4.05. The second-order valence-corrected chi connectivity index (χ2v) is 6.59. The summed E-state index contributed by atoms with van der Waals surface area (Å²) in [6.07, 6.45) is 1.34. The van der Waals surface area contributed by atoms with Crippen LogP contribution in [0, 0.1) is 5.92 Å². The maximum atomic E-state index is 12.7. The molecular weight excluding hydrogens is 286 g/mol. The van der Waals surface area contributed by atoms with Crippen LogP contribution in [-0.2, 0) is 4.79 Å². The lowest BCUT2D eigenvalue weighted by Crippen LogP contribution is -2.48. The second-order valence-electron chi connectivity index (χ2n) is 6.15. The average molecular weight is 312 g/mol. The van der Waals surface area contributed by atoms with E-state index in [0.29, 0.717) is 11.4 Å². The molecule has 2 N–H and O–H groups in total. The van der Waals surface area contributed by atoms with Gasteiger partial charge in [0.15, 0.2) is 0 Å². The molecule has 0 heterocycles. The smallest absolute Gasteiger partial charge is 0.228 e. The van der Waals surface area contributed by atoms with Gasteiger partial charge in [0.25, 0.3) is 0 Å². The summed E-state index contributed by atoms with van der Waals surface area (Å²) in [7, 11) is 0. The van der Waals surface area contributed by atoms with Crippen LogP contribution in [0.4, 0.5) is 0 Å². The fourth-order valence-electron chi connectivity index (χ4n) is 2.46. The van der Waals surface area contributed by atoms with Gasteiger partial charge in [0.1, 0.15) is 0 Å². The largest absolute Gasteiger partial charge is 0.396 e. The van der Waals surface area contributed by atoms with Gasteiger partial charge in [-0.15, -0.1) is 0 Å². The molecule has 2 atom stereocenters.